The van der Waals surface area contributed by atoms with Crippen molar-refractivity contribution in [3.05, 3.63) is 34.9 Å². The molecule has 1 aliphatic rings. The molecule has 0 saturated heterocycles. The molecule has 0 spiro atoms. The van der Waals surface area contributed by atoms with E-state index in [1.54, 1.807) is 6.92 Å². The number of carbonyl (C=O) groups excluding carboxylic acids is 2. The molecular formula is C15H20N2O3. The zero-order chi connectivity index (χ0) is 14.4. The van der Waals surface area contributed by atoms with E-state index in [4.69, 9.17) is 0 Å². The molecule has 5 heteroatoms. The van der Waals surface area contributed by atoms with Gasteiger partial charge in [0.1, 0.15) is 0 Å². The molecule has 2 N–H and O–H groups in total. The molecule has 20 heavy (non-hydrogen) atoms. The van der Waals surface area contributed by atoms with Crippen molar-refractivity contribution in [2.45, 2.75) is 39.0 Å². The molecular weight excluding hydrogens is 256 g/mol. The van der Waals surface area contributed by atoms with E-state index in [2.05, 4.69) is 27.7 Å². The number of amides is 2. The summed E-state index contributed by atoms with van der Waals surface area (Å²) in [6.45, 7) is 1.97. The number of rotatable bonds is 3. The largest absolute Gasteiger partial charge is 0.449 e. The van der Waals surface area contributed by atoms with Crippen molar-refractivity contribution in [1.82, 2.24) is 10.9 Å². The Bertz CT molecular complexity index is 500. The zero-order valence-electron chi connectivity index (χ0n) is 11.7. The van der Waals surface area contributed by atoms with E-state index in [0.717, 1.165) is 18.4 Å². The standard InChI is InChI=1S/C15H20N2O3/c1-2-20-15(19)17-16-14(18)10-11-7-8-12-5-3-4-6-13(12)9-11/h7-9H,2-6,10H2,1H3,(H,16,18)(H,17,19). The van der Waals surface area contributed by atoms with Crippen molar-refractivity contribution < 1.29 is 14.3 Å². The highest BCUT2D eigenvalue weighted by atomic mass is 16.5. The molecule has 0 atom stereocenters. The second kappa shape index (κ2) is 6.93. The fraction of sp³-hybridized carbons (Fsp3) is 0.467. The first kappa shape index (κ1) is 14.4. The minimum atomic E-state index is -0.647. The van der Waals surface area contributed by atoms with E-state index < -0.39 is 6.09 Å². The lowest BCUT2D eigenvalue weighted by molar-refractivity contribution is -0.121. The predicted molar refractivity (Wildman–Crippen MR) is 75.1 cm³/mol. The number of aryl methyl sites for hydroxylation is 2. The van der Waals surface area contributed by atoms with Crippen LogP contribution in [0.2, 0.25) is 0 Å². The second-order valence-corrected chi connectivity index (χ2v) is 4.88. The van der Waals surface area contributed by atoms with E-state index >= 15 is 0 Å². The lowest BCUT2D eigenvalue weighted by Crippen LogP contribution is -2.42. The van der Waals surface area contributed by atoms with Gasteiger partial charge in [0.25, 0.3) is 0 Å². The SMILES string of the molecule is CCOC(=O)NNC(=O)Cc1ccc2c(c1)CCCC2. The average Bonchev–Trinajstić information content (AvgIpc) is 2.45. The molecule has 0 aromatic heterocycles. The fourth-order valence-corrected chi connectivity index (χ4v) is 2.41. The molecule has 0 saturated carbocycles. The molecule has 5 nitrogen and oxygen atoms in total. The van der Waals surface area contributed by atoms with Crippen molar-refractivity contribution in [1.29, 1.82) is 0 Å². The van der Waals surface area contributed by atoms with Gasteiger partial charge in [0.2, 0.25) is 5.91 Å². The van der Waals surface area contributed by atoms with E-state index in [0.29, 0.717) is 0 Å². The van der Waals surface area contributed by atoms with E-state index in [1.807, 2.05) is 6.07 Å². The molecule has 2 amide bonds. The van der Waals surface area contributed by atoms with Crippen LogP contribution in [0.15, 0.2) is 18.2 Å². The molecule has 0 unspecified atom stereocenters. The summed E-state index contributed by atoms with van der Waals surface area (Å²) >= 11 is 0. The maximum absolute atomic E-state index is 11.7. The van der Waals surface area contributed by atoms with Gasteiger partial charge in [0.15, 0.2) is 0 Å². The normalized spacial score (nSPS) is 13.2. The highest BCUT2D eigenvalue weighted by Gasteiger charge is 2.11. The Hall–Kier alpha value is -2.04. The summed E-state index contributed by atoms with van der Waals surface area (Å²) in [5.41, 5.74) is 8.24. The van der Waals surface area contributed by atoms with Gasteiger partial charge in [-0.05, 0) is 49.3 Å². The van der Waals surface area contributed by atoms with Gasteiger partial charge < -0.3 is 4.74 Å². The van der Waals surface area contributed by atoms with Crippen LogP contribution in [0.1, 0.15) is 36.5 Å². The van der Waals surface area contributed by atoms with Crippen LogP contribution < -0.4 is 10.9 Å². The van der Waals surface area contributed by atoms with Gasteiger partial charge >= 0.3 is 6.09 Å². The predicted octanol–water partition coefficient (Wildman–Crippen LogP) is 1.89. The molecule has 2 rings (SSSR count). The van der Waals surface area contributed by atoms with Crippen molar-refractivity contribution in [3.8, 4) is 0 Å². The van der Waals surface area contributed by atoms with Crippen LogP contribution in [-0.2, 0) is 28.8 Å². The van der Waals surface area contributed by atoms with E-state index in [1.165, 1.54) is 24.0 Å². The number of hydrogen-bond acceptors (Lipinski definition) is 3. The highest BCUT2D eigenvalue weighted by molar-refractivity contribution is 5.81. The van der Waals surface area contributed by atoms with Gasteiger partial charge in [-0.15, -0.1) is 0 Å². The lowest BCUT2D eigenvalue weighted by atomic mass is 9.90. The Morgan fingerprint density at radius 1 is 1.15 bits per heavy atom. The molecule has 1 aromatic rings. The van der Waals surface area contributed by atoms with Crippen LogP contribution in [0.25, 0.3) is 0 Å². The molecule has 0 aliphatic heterocycles. The van der Waals surface area contributed by atoms with Gasteiger partial charge in [-0.25, -0.2) is 10.2 Å². The van der Waals surface area contributed by atoms with Gasteiger partial charge in [0, 0.05) is 0 Å². The number of hydrogen-bond donors (Lipinski definition) is 2. The average molecular weight is 276 g/mol. The fourth-order valence-electron chi connectivity index (χ4n) is 2.41. The van der Waals surface area contributed by atoms with E-state index in [-0.39, 0.29) is 18.9 Å². The van der Waals surface area contributed by atoms with Crippen LogP contribution in [-0.4, -0.2) is 18.6 Å². The number of hydrazine groups is 1. The van der Waals surface area contributed by atoms with E-state index in [9.17, 15) is 9.59 Å². The van der Waals surface area contributed by atoms with Crippen LogP contribution in [0.4, 0.5) is 4.79 Å². The Morgan fingerprint density at radius 2 is 1.90 bits per heavy atom. The third-order valence-corrected chi connectivity index (χ3v) is 3.36. The number of nitrogens with one attached hydrogen (secondary N) is 2. The van der Waals surface area contributed by atoms with Gasteiger partial charge in [0.05, 0.1) is 13.0 Å². The van der Waals surface area contributed by atoms with Crippen LogP contribution >= 0.6 is 0 Å². The Kier molecular flexibility index (Phi) is 4.98. The van der Waals surface area contributed by atoms with Crippen molar-refractivity contribution >= 4 is 12.0 Å². The summed E-state index contributed by atoms with van der Waals surface area (Å²) < 4.78 is 4.65. The summed E-state index contributed by atoms with van der Waals surface area (Å²) in [6.07, 6.45) is 4.28. The van der Waals surface area contributed by atoms with Crippen molar-refractivity contribution in [2.24, 2.45) is 0 Å². The topological polar surface area (TPSA) is 67.4 Å². The second-order valence-electron chi connectivity index (χ2n) is 4.88. The smallest absolute Gasteiger partial charge is 0.426 e. The third kappa shape index (κ3) is 3.98. The number of benzene rings is 1. The molecule has 0 fully saturated rings. The molecule has 1 aliphatic carbocycles. The zero-order valence-corrected chi connectivity index (χ0v) is 11.7. The molecule has 0 bridgehead atoms. The third-order valence-electron chi connectivity index (χ3n) is 3.36. The minimum absolute atomic E-state index is 0.250. The first-order valence-corrected chi connectivity index (χ1v) is 7.01. The molecule has 108 valence electrons. The number of ether oxygens (including phenoxy) is 1. The van der Waals surface area contributed by atoms with Crippen LogP contribution in [0, 0.1) is 0 Å². The summed E-state index contributed by atoms with van der Waals surface area (Å²) in [4.78, 5) is 22.8. The Labute approximate surface area is 118 Å². The van der Waals surface area contributed by atoms with Gasteiger partial charge in [-0.3, -0.25) is 10.2 Å². The first-order valence-electron chi connectivity index (χ1n) is 7.01. The Balaban J connectivity index is 1.86. The summed E-state index contributed by atoms with van der Waals surface area (Å²) in [5, 5.41) is 0. The molecule has 0 heterocycles. The quantitative estimate of drug-likeness (QED) is 0.828. The van der Waals surface area contributed by atoms with Crippen molar-refractivity contribution in [2.75, 3.05) is 6.61 Å². The highest BCUT2D eigenvalue weighted by Crippen LogP contribution is 2.22. The first-order chi connectivity index (χ1) is 9.69. The van der Waals surface area contributed by atoms with Crippen LogP contribution in [0.5, 0.6) is 0 Å². The molecule has 0 radical (unpaired) electrons. The summed E-state index contributed by atoms with van der Waals surface area (Å²) in [5.74, 6) is -0.256. The maximum atomic E-state index is 11.7. The monoisotopic (exact) mass is 276 g/mol. The molecule has 1 aromatic carbocycles. The number of carbonyl (C=O) groups is 2. The van der Waals surface area contributed by atoms with Crippen LogP contribution in [0.3, 0.4) is 0 Å². The summed E-state index contributed by atoms with van der Waals surface area (Å²) in [6, 6.07) is 6.18. The Morgan fingerprint density at radius 3 is 2.65 bits per heavy atom. The van der Waals surface area contributed by atoms with Gasteiger partial charge in [-0.1, -0.05) is 18.2 Å². The van der Waals surface area contributed by atoms with Gasteiger partial charge in [-0.2, -0.15) is 0 Å². The lowest BCUT2D eigenvalue weighted by Gasteiger charge is -2.16. The number of fused-ring (bicyclic) bond motifs is 1. The maximum Gasteiger partial charge on any atom is 0.426 e. The van der Waals surface area contributed by atoms with Crippen molar-refractivity contribution in [3.63, 3.8) is 0 Å². The minimum Gasteiger partial charge on any atom is -0.449 e. The summed E-state index contributed by atoms with van der Waals surface area (Å²) in [7, 11) is 0.